The Morgan fingerprint density at radius 2 is 1.97 bits per heavy atom. The number of likely N-dealkylation sites (tertiary alicyclic amines) is 1. The van der Waals surface area contributed by atoms with Crippen molar-refractivity contribution in [1.82, 2.24) is 14.5 Å². The number of nitrogens with zero attached hydrogens (tertiary/aromatic N) is 3. The molecule has 1 fully saturated rings. The van der Waals surface area contributed by atoms with Crippen LogP contribution in [0.15, 0.2) is 68.8 Å². The summed E-state index contributed by atoms with van der Waals surface area (Å²) in [6.07, 6.45) is 3.15. The zero-order valence-electron chi connectivity index (χ0n) is 21.0. The number of fused-ring (bicyclic) bond motifs is 6. The Balaban J connectivity index is 1.29. The third-order valence-electron chi connectivity index (χ3n) is 8.05. The number of phenolic OH excluding ortho intramolecular Hbond substituents is 1. The van der Waals surface area contributed by atoms with Crippen molar-refractivity contribution < 1.29 is 9.52 Å². The van der Waals surface area contributed by atoms with Crippen molar-refractivity contribution in [2.24, 2.45) is 5.92 Å². The van der Waals surface area contributed by atoms with Gasteiger partial charge in [0.05, 0.1) is 26.7 Å². The number of piperidine rings is 1. The van der Waals surface area contributed by atoms with Crippen LogP contribution in [0.3, 0.4) is 0 Å². The Bertz CT molecular complexity index is 1800. The zero-order chi connectivity index (χ0) is 26.0. The highest BCUT2D eigenvalue weighted by Crippen LogP contribution is 2.38. The smallest absolute Gasteiger partial charge is 0.250 e. The molecule has 2 atom stereocenters. The molecule has 0 radical (unpaired) electrons. The zero-order valence-corrected chi connectivity index (χ0v) is 21.8. The first-order valence-electron chi connectivity index (χ1n) is 13.1. The SMILES string of the molecule is CCc1cc2c(=O)c(-c3nc4ccccc4s3)coc2c(CN2C[C@@H]3C[C@H](C2)c2cccc(=O)n2C3)c1O. The van der Waals surface area contributed by atoms with Gasteiger partial charge in [-0.3, -0.25) is 14.5 Å². The lowest BCUT2D eigenvalue weighted by atomic mass is 9.83. The molecule has 2 aromatic carbocycles. The van der Waals surface area contributed by atoms with Crippen molar-refractivity contribution in [2.75, 3.05) is 13.1 Å². The number of hydrogen-bond donors (Lipinski definition) is 1. The highest BCUT2D eigenvalue weighted by molar-refractivity contribution is 7.21. The molecule has 0 amide bonds. The summed E-state index contributed by atoms with van der Waals surface area (Å²) in [5, 5.41) is 12.3. The number of rotatable bonds is 4. The molecule has 38 heavy (non-hydrogen) atoms. The Morgan fingerprint density at radius 1 is 1.11 bits per heavy atom. The third-order valence-corrected chi connectivity index (χ3v) is 9.12. The topological polar surface area (TPSA) is 88.6 Å². The molecule has 1 N–H and O–H groups in total. The molecule has 8 heteroatoms. The van der Waals surface area contributed by atoms with Crippen molar-refractivity contribution in [3.05, 3.63) is 92.2 Å². The van der Waals surface area contributed by atoms with Crippen LogP contribution in [-0.2, 0) is 19.5 Å². The summed E-state index contributed by atoms with van der Waals surface area (Å²) in [5.41, 5.74) is 4.12. The number of thiazole rings is 1. The van der Waals surface area contributed by atoms with E-state index in [4.69, 9.17) is 4.42 Å². The first-order valence-corrected chi connectivity index (χ1v) is 13.9. The van der Waals surface area contributed by atoms with Crippen molar-refractivity contribution in [1.29, 1.82) is 0 Å². The van der Waals surface area contributed by atoms with Gasteiger partial charge in [-0.2, -0.15) is 0 Å². The van der Waals surface area contributed by atoms with E-state index < -0.39 is 0 Å². The van der Waals surface area contributed by atoms with Gasteiger partial charge in [0.1, 0.15) is 22.6 Å². The van der Waals surface area contributed by atoms with Gasteiger partial charge < -0.3 is 14.1 Å². The molecular weight excluding hydrogens is 498 g/mol. The van der Waals surface area contributed by atoms with Gasteiger partial charge in [0.15, 0.2) is 0 Å². The average Bonchev–Trinajstić information content (AvgIpc) is 3.35. The predicted molar refractivity (Wildman–Crippen MR) is 149 cm³/mol. The summed E-state index contributed by atoms with van der Waals surface area (Å²) in [4.78, 5) is 33.1. The number of aromatic hydroxyl groups is 1. The van der Waals surface area contributed by atoms with Crippen LogP contribution in [-0.4, -0.2) is 32.6 Å². The quantitative estimate of drug-likeness (QED) is 0.351. The van der Waals surface area contributed by atoms with Crippen LogP contribution >= 0.6 is 11.3 Å². The van der Waals surface area contributed by atoms with Crippen molar-refractivity contribution in [2.45, 2.75) is 38.8 Å². The largest absolute Gasteiger partial charge is 0.507 e. The molecule has 1 saturated heterocycles. The second-order valence-electron chi connectivity index (χ2n) is 10.5. The molecule has 3 aromatic heterocycles. The maximum atomic E-state index is 13.7. The Morgan fingerprint density at radius 3 is 2.82 bits per heavy atom. The number of hydrogen-bond acceptors (Lipinski definition) is 7. The molecule has 7 rings (SSSR count). The summed E-state index contributed by atoms with van der Waals surface area (Å²) in [6.45, 7) is 4.77. The fourth-order valence-electron chi connectivity index (χ4n) is 6.29. The van der Waals surface area contributed by atoms with Crippen LogP contribution in [0.25, 0.3) is 31.8 Å². The molecule has 0 saturated carbocycles. The lowest BCUT2D eigenvalue weighted by molar-refractivity contribution is 0.113. The van der Waals surface area contributed by atoms with E-state index in [2.05, 4.69) is 16.0 Å². The number of para-hydroxylation sites is 1. The van der Waals surface area contributed by atoms with Crippen LogP contribution in [0.4, 0.5) is 0 Å². The van der Waals surface area contributed by atoms with Gasteiger partial charge in [-0.15, -0.1) is 11.3 Å². The number of aromatic nitrogens is 2. The Hall–Kier alpha value is -3.75. The summed E-state index contributed by atoms with van der Waals surface area (Å²) >= 11 is 1.47. The molecule has 0 aliphatic carbocycles. The molecule has 5 heterocycles. The standard InChI is InChI=1S/C30H27N3O4S/c1-2-18-11-20-28(36)22(30-31-23-6-3-4-8-25(23)38-30)16-37-29(20)21(27(18)35)15-32-12-17-10-19(14-32)24-7-5-9-26(34)33(24)13-17/h3-9,11,16-17,19,35H,2,10,12-15H2,1H3/t17-,19+/m0/s1. The van der Waals surface area contributed by atoms with Gasteiger partial charge in [-0.1, -0.05) is 25.1 Å². The molecule has 7 nitrogen and oxygen atoms in total. The first kappa shape index (κ1) is 23.4. The molecule has 5 aromatic rings. The second kappa shape index (κ2) is 8.92. The lowest BCUT2D eigenvalue weighted by Gasteiger charge is -2.42. The fourth-order valence-corrected chi connectivity index (χ4v) is 7.26. The summed E-state index contributed by atoms with van der Waals surface area (Å²) in [6, 6.07) is 15.1. The van der Waals surface area contributed by atoms with Gasteiger partial charge >= 0.3 is 0 Å². The molecular formula is C30H27N3O4S. The minimum Gasteiger partial charge on any atom is -0.507 e. The van der Waals surface area contributed by atoms with E-state index in [1.54, 1.807) is 12.1 Å². The molecule has 0 unspecified atom stereocenters. The van der Waals surface area contributed by atoms with Gasteiger partial charge in [0.25, 0.3) is 5.56 Å². The Labute approximate surface area is 222 Å². The monoisotopic (exact) mass is 525 g/mol. The maximum Gasteiger partial charge on any atom is 0.250 e. The summed E-state index contributed by atoms with van der Waals surface area (Å²) in [5.74, 6) is 0.821. The van der Waals surface area contributed by atoms with Gasteiger partial charge in [-0.25, -0.2) is 4.98 Å². The fraction of sp³-hybridized carbons (Fsp3) is 0.300. The highest BCUT2D eigenvalue weighted by Gasteiger charge is 2.35. The number of benzene rings is 2. The molecule has 0 spiro atoms. The van der Waals surface area contributed by atoms with E-state index in [1.165, 1.54) is 17.6 Å². The van der Waals surface area contributed by atoms with Crippen LogP contribution in [0.5, 0.6) is 5.75 Å². The van der Waals surface area contributed by atoms with E-state index in [1.807, 2.05) is 41.8 Å². The third kappa shape index (κ3) is 3.70. The summed E-state index contributed by atoms with van der Waals surface area (Å²) in [7, 11) is 0. The molecule has 192 valence electrons. The van der Waals surface area contributed by atoms with Crippen molar-refractivity contribution in [3.8, 4) is 16.3 Å². The average molecular weight is 526 g/mol. The predicted octanol–water partition coefficient (Wildman–Crippen LogP) is 5.12. The summed E-state index contributed by atoms with van der Waals surface area (Å²) < 4.78 is 9.06. The van der Waals surface area contributed by atoms with Gasteiger partial charge in [0.2, 0.25) is 5.43 Å². The minimum absolute atomic E-state index is 0.0654. The van der Waals surface area contributed by atoms with Crippen LogP contribution in [0, 0.1) is 5.92 Å². The van der Waals surface area contributed by atoms with Crippen LogP contribution in [0.2, 0.25) is 0 Å². The maximum absolute atomic E-state index is 13.7. The molecule has 2 aliphatic rings. The van der Waals surface area contributed by atoms with Crippen molar-refractivity contribution >= 4 is 32.5 Å². The number of pyridine rings is 1. The van der Waals surface area contributed by atoms with Crippen LogP contribution < -0.4 is 11.0 Å². The lowest BCUT2D eigenvalue weighted by Crippen LogP contribution is -2.46. The number of phenols is 1. The normalized spacial score (nSPS) is 19.2. The first-order chi connectivity index (χ1) is 18.5. The van der Waals surface area contributed by atoms with Crippen LogP contribution in [0.1, 0.15) is 36.1 Å². The number of aryl methyl sites for hydroxylation is 1. The molecule has 2 aliphatic heterocycles. The van der Waals surface area contributed by atoms with E-state index in [0.717, 1.165) is 41.0 Å². The van der Waals surface area contributed by atoms with E-state index >= 15 is 0 Å². The van der Waals surface area contributed by atoms with Gasteiger partial charge in [0, 0.05) is 43.9 Å². The second-order valence-corrected chi connectivity index (χ2v) is 11.5. The van der Waals surface area contributed by atoms with E-state index in [-0.39, 0.29) is 22.7 Å². The van der Waals surface area contributed by atoms with E-state index in [9.17, 15) is 14.7 Å². The van der Waals surface area contributed by atoms with Gasteiger partial charge in [-0.05, 0) is 48.6 Å². The van der Waals surface area contributed by atoms with E-state index in [0.29, 0.717) is 52.5 Å². The minimum atomic E-state index is -0.134. The Kier molecular flexibility index (Phi) is 5.49. The highest BCUT2D eigenvalue weighted by atomic mass is 32.1. The molecule has 2 bridgehead atoms. The van der Waals surface area contributed by atoms with Crippen molar-refractivity contribution in [3.63, 3.8) is 0 Å².